The fraction of sp³-hybridized carbons (Fsp3) is 0.300. The van der Waals surface area contributed by atoms with Gasteiger partial charge in [0.1, 0.15) is 0 Å². The van der Waals surface area contributed by atoms with E-state index in [1.807, 2.05) is 6.92 Å². The average molecular weight is 258 g/mol. The number of aryl methyl sites for hydroxylation is 2. The van der Waals surface area contributed by atoms with Gasteiger partial charge in [-0.3, -0.25) is 0 Å². The van der Waals surface area contributed by atoms with Crippen LogP contribution in [0, 0.1) is 13.8 Å². The van der Waals surface area contributed by atoms with Crippen molar-refractivity contribution in [3.05, 3.63) is 27.7 Å². The van der Waals surface area contributed by atoms with Crippen LogP contribution in [0.3, 0.4) is 0 Å². The van der Waals surface area contributed by atoms with Gasteiger partial charge in [-0.05, 0) is 60.0 Å². The Labute approximate surface area is 92.7 Å². The molecule has 1 aromatic rings. The largest absolute Gasteiger partial charge is 0.349 e. The second-order valence-corrected chi connectivity index (χ2v) is 4.56. The molecule has 0 aromatic heterocycles. The lowest BCUT2D eigenvalue weighted by molar-refractivity contribution is 1.33. The standard InChI is InChI=1S/C10H12BrNS/c1-6-4-9(11)10(5-7(6)2)12-8(3)13/h4-5H,1-3H3,(H,12,13). The molecule has 0 aliphatic heterocycles. The van der Waals surface area contributed by atoms with E-state index in [-0.39, 0.29) is 0 Å². The van der Waals surface area contributed by atoms with Crippen LogP contribution in [0.4, 0.5) is 5.69 Å². The highest BCUT2D eigenvalue weighted by molar-refractivity contribution is 9.10. The van der Waals surface area contributed by atoms with Crippen LogP contribution in [0.1, 0.15) is 18.1 Å². The maximum absolute atomic E-state index is 4.98. The first-order chi connectivity index (χ1) is 6.00. The summed E-state index contributed by atoms with van der Waals surface area (Å²) in [5, 5.41) is 3.13. The molecule has 0 spiro atoms. The topological polar surface area (TPSA) is 12.0 Å². The monoisotopic (exact) mass is 257 g/mol. The Morgan fingerprint density at radius 3 is 2.38 bits per heavy atom. The van der Waals surface area contributed by atoms with Gasteiger partial charge in [0.05, 0.1) is 10.7 Å². The van der Waals surface area contributed by atoms with Gasteiger partial charge in [0, 0.05) is 4.47 Å². The molecule has 13 heavy (non-hydrogen) atoms. The predicted molar refractivity (Wildman–Crippen MR) is 65.5 cm³/mol. The number of rotatable bonds is 1. The van der Waals surface area contributed by atoms with E-state index in [9.17, 15) is 0 Å². The van der Waals surface area contributed by atoms with Crippen molar-refractivity contribution in [3.8, 4) is 0 Å². The minimum absolute atomic E-state index is 0.781. The Hall–Kier alpha value is -0.410. The first-order valence-corrected chi connectivity index (χ1v) is 5.25. The van der Waals surface area contributed by atoms with E-state index >= 15 is 0 Å². The summed E-state index contributed by atoms with van der Waals surface area (Å²) in [6.45, 7) is 6.05. The fourth-order valence-electron chi connectivity index (χ4n) is 1.07. The zero-order chi connectivity index (χ0) is 10.0. The van der Waals surface area contributed by atoms with Gasteiger partial charge in [0.15, 0.2) is 0 Å². The van der Waals surface area contributed by atoms with Crippen molar-refractivity contribution in [1.29, 1.82) is 0 Å². The molecule has 0 bridgehead atoms. The first kappa shape index (κ1) is 10.7. The molecule has 3 heteroatoms. The molecule has 0 aliphatic carbocycles. The molecule has 0 heterocycles. The Balaban J connectivity index is 3.08. The van der Waals surface area contributed by atoms with Crippen molar-refractivity contribution in [2.75, 3.05) is 5.32 Å². The summed E-state index contributed by atoms with van der Waals surface area (Å²) in [6, 6.07) is 4.19. The van der Waals surface area contributed by atoms with E-state index in [0.29, 0.717) is 0 Å². The second-order valence-electron chi connectivity index (χ2n) is 3.10. The molecule has 70 valence electrons. The van der Waals surface area contributed by atoms with Gasteiger partial charge in [-0.1, -0.05) is 12.2 Å². The molecule has 0 atom stereocenters. The highest BCUT2D eigenvalue weighted by Crippen LogP contribution is 2.25. The summed E-state index contributed by atoms with van der Waals surface area (Å²) in [6.07, 6.45) is 0. The van der Waals surface area contributed by atoms with Crippen molar-refractivity contribution in [3.63, 3.8) is 0 Å². The van der Waals surface area contributed by atoms with Gasteiger partial charge in [0.2, 0.25) is 0 Å². The molecule has 0 fully saturated rings. The Morgan fingerprint density at radius 1 is 1.31 bits per heavy atom. The van der Waals surface area contributed by atoms with Crippen molar-refractivity contribution in [2.45, 2.75) is 20.8 Å². The van der Waals surface area contributed by atoms with E-state index in [1.165, 1.54) is 11.1 Å². The maximum Gasteiger partial charge on any atom is 0.0766 e. The summed E-state index contributed by atoms with van der Waals surface area (Å²) in [4.78, 5) is 0.781. The number of nitrogens with one attached hydrogen (secondary N) is 1. The van der Waals surface area contributed by atoms with Gasteiger partial charge in [-0.25, -0.2) is 0 Å². The zero-order valence-electron chi connectivity index (χ0n) is 7.94. The van der Waals surface area contributed by atoms with Gasteiger partial charge in [-0.2, -0.15) is 0 Å². The highest BCUT2D eigenvalue weighted by Gasteiger charge is 2.02. The third-order valence-corrected chi connectivity index (χ3v) is 2.65. The molecule has 1 rings (SSSR count). The summed E-state index contributed by atoms with van der Waals surface area (Å²) in [7, 11) is 0. The number of thiocarbonyl (C=S) groups is 1. The molecule has 0 unspecified atom stereocenters. The SMILES string of the molecule is CC(=S)Nc1cc(C)c(C)cc1Br. The van der Waals surface area contributed by atoms with Gasteiger partial charge in [-0.15, -0.1) is 0 Å². The van der Waals surface area contributed by atoms with E-state index < -0.39 is 0 Å². The quantitative estimate of drug-likeness (QED) is 0.768. The lowest BCUT2D eigenvalue weighted by Crippen LogP contribution is -2.04. The Bertz CT molecular complexity index is 347. The molecule has 0 aliphatic rings. The van der Waals surface area contributed by atoms with E-state index in [4.69, 9.17) is 12.2 Å². The van der Waals surface area contributed by atoms with Crippen LogP contribution in [-0.4, -0.2) is 4.99 Å². The molecular formula is C10H12BrNS. The number of anilines is 1. The molecular weight excluding hydrogens is 246 g/mol. The lowest BCUT2D eigenvalue weighted by Gasteiger charge is -2.09. The van der Waals surface area contributed by atoms with Crippen molar-refractivity contribution in [2.24, 2.45) is 0 Å². The van der Waals surface area contributed by atoms with Crippen LogP contribution < -0.4 is 5.32 Å². The second kappa shape index (κ2) is 4.20. The lowest BCUT2D eigenvalue weighted by atomic mass is 10.1. The maximum atomic E-state index is 4.98. The minimum Gasteiger partial charge on any atom is -0.349 e. The van der Waals surface area contributed by atoms with E-state index in [0.717, 1.165) is 15.1 Å². The molecule has 0 saturated carbocycles. The predicted octanol–water partition coefficient (Wildman–Crippen LogP) is 3.83. The molecule has 1 nitrogen and oxygen atoms in total. The Morgan fingerprint density at radius 2 is 1.85 bits per heavy atom. The highest BCUT2D eigenvalue weighted by atomic mass is 79.9. The van der Waals surface area contributed by atoms with Crippen LogP contribution in [0.5, 0.6) is 0 Å². The molecule has 0 amide bonds. The number of hydrogen-bond acceptors (Lipinski definition) is 1. The van der Waals surface area contributed by atoms with Gasteiger partial charge >= 0.3 is 0 Å². The third kappa shape index (κ3) is 2.78. The van der Waals surface area contributed by atoms with Crippen molar-refractivity contribution in [1.82, 2.24) is 0 Å². The summed E-state index contributed by atoms with van der Waals surface area (Å²) < 4.78 is 1.06. The first-order valence-electron chi connectivity index (χ1n) is 4.05. The van der Waals surface area contributed by atoms with Crippen LogP contribution >= 0.6 is 28.1 Å². The summed E-state index contributed by atoms with van der Waals surface area (Å²) in [5.41, 5.74) is 3.58. The van der Waals surface area contributed by atoms with Crippen molar-refractivity contribution >= 4 is 38.8 Å². The fourth-order valence-corrected chi connectivity index (χ4v) is 1.73. The van der Waals surface area contributed by atoms with Crippen molar-refractivity contribution < 1.29 is 0 Å². The van der Waals surface area contributed by atoms with E-state index in [1.54, 1.807) is 0 Å². The number of hydrogen-bond donors (Lipinski definition) is 1. The smallest absolute Gasteiger partial charge is 0.0766 e. The third-order valence-electron chi connectivity index (χ3n) is 1.89. The Kier molecular flexibility index (Phi) is 3.45. The van der Waals surface area contributed by atoms with Crippen LogP contribution in [0.15, 0.2) is 16.6 Å². The van der Waals surface area contributed by atoms with Crippen LogP contribution in [-0.2, 0) is 0 Å². The van der Waals surface area contributed by atoms with Crippen LogP contribution in [0.25, 0.3) is 0 Å². The zero-order valence-corrected chi connectivity index (χ0v) is 10.3. The van der Waals surface area contributed by atoms with Gasteiger partial charge < -0.3 is 5.32 Å². The van der Waals surface area contributed by atoms with Crippen LogP contribution in [0.2, 0.25) is 0 Å². The average Bonchev–Trinajstić information content (AvgIpc) is 1.99. The molecule has 0 saturated heterocycles. The van der Waals surface area contributed by atoms with Gasteiger partial charge in [0.25, 0.3) is 0 Å². The minimum atomic E-state index is 0.781. The molecule has 1 aromatic carbocycles. The normalized spacial score (nSPS) is 9.85. The molecule has 0 radical (unpaired) electrons. The molecule has 1 N–H and O–H groups in total. The summed E-state index contributed by atoms with van der Waals surface area (Å²) >= 11 is 8.47. The van der Waals surface area contributed by atoms with E-state index in [2.05, 4.69) is 47.2 Å². The summed E-state index contributed by atoms with van der Waals surface area (Å²) in [5.74, 6) is 0. The number of benzene rings is 1. The number of halogens is 1.